The third-order valence-corrected chi connectivity index (χ3v) is 7.23. The molecule has 178 valence electrons. The smallest absolute Gasteiger partial charge is 0.265 e. The highest BCUT2D eigenvalue weighted by Gasteiger charge is 2.27. The van der Waals surface area contributed by atoms with Gasteiger partial charge in [-0.3, -0.25) is 9.52 Å². The summed E-state index contributed by atoms with van der Waals surface area (Å²) in [5.74, 6) is -1.85. The van der Waals surface area contributed by atoms with Gasteiger partial charge in [0.15, 0.2) is 5.75 Å². The van der Waals surface area contributed by atoms with Crippen molar-refractivity contribution >= 4 is 44.8 Å². The van der Waals surface area contributed by atoms with E-state index in [2.05, 4.69) is 4.72 Å². The first-order valence-electron chi connectivity index (χ1n) is 10.0. The van der Waals surface area contributed by atoms with Gasteiger partial charge in [0.1, 0.15) is 22.6 Å². The van der Waals surface area contributed by atoms with Gasteiger partial charge in [-0.25, -0.2) is 12.8 Å². The van der Waals surface area contributed by atoms with Gasteiger partial charge in [-0.1, -0.05) is 41.4 Å². The van der Waals surface area contributed by atoms with Crippen LogP contribution in [0.5, 0.6) is 11.5 Å². The first-order valence-corrected chi connectivity index (χ1v) is 12.3. The lowest BCUT2D eigenvalue weighted by Crippen LogP contribution is -2.35. The number of nitrogens with zero attached hydrogens (tertiary/aromatic N) is 1. The van der Waals surface area contributed by atoms with Gasteiger partial charge in [0.05, 0.1) is 22.3 Å². The van der Waals surface area contributed by atoms with Crippen LogP contribution in [0, 0.1) is 5.82 Å². The lowest BCUT2D eigenvalue weighted by atomic mass is 10.0. The van der Waals surface area contributed by atoms with Crippen molar-refractivity contribution in [3.63, 3.8) is 0 Å². The molecule has 1 atom stereocenters. The van der Waals surface area contributed by atoms with E-state index >= 15 is 0 Å². The number of likely N-dealkylation sites (N-methyl/N-ethyl adjacent to an activating group) is 1. The van der Waals surface area contributed by atoms with Crippen molar-refractivity contribution in [1.29, 1.82) is 0 Å². The van der Waals surface area contributed by atoms with Crippen LogP contribution in [0.1, 0.15) is 17.3 Å². The van der Waals surface area contributed by atoms with E-state index in [1.165, 1.54) is 18.0 Å². The lowest BCUT2D eigenvalue weighted by molar-refractivity contribution is 0.0727. The number of para-hydroxylation sites is 1. The number of ether oxygens (including phenoxy) is 1. The van der Waals surface area contributed by atoms with E-state index in [1.54, 1.807) is 31.2 Å². The normalized spacial score (nSPS) is 17.6. The largest absolute Gasteiger partial charge is 0.505 e. The van der Waals surface area contributed by atoms with Gasteiger partial charge in [-0.05, 0) is 37.3 Å². The Hall–Kier alpha value is -3.01. The second-order valence-electron chi connectivity index (χ2n) is 7.83. The molecule has 0 aromatic heterocycles. The molecule has 1 aliphatic heterocycles. The van der Waals surface area contributed by atoms with Gasteiger partial charge in [-0.15, -0.1) is 0 Å². The number of halogens is 3. The van der Waals surface area contributed by atoms with Crippen LogP contribution in [0.15, 0.2) is 53.4 Å². The summed E-state index contributed by atoms with van der Waals surface area (Å²) in [5.41, 5.74) is 0.320. The third-order valence-electron chi connectivity index (χ3n) is 5.25. The number of nitrogens with one attached hydrogen (secondary N) is 1. The van der Waals surface area contributed by atoms with Crippen molar-refractivity contribution in [1.82, 2.24) is 4.90 Å². The van der Waals surface area contributed by atoms with Crippen molar-refractivity contribution in [2.75, 3.05) is 18.3 Å². The van der Waals surface area contributed by atoms with Crippen molar-refractivity contribution < 1.29 is 27.4 Å². The summed E-state index contributed by atoms with van der Waals surface area (Å²) in [5, 5.41) is 10.0. The maximum atomic E-state index is 14.8. The van der Waals surface area contributed by atoms with E-state index in [0.717, 1.165) is 18.2 Å². The minimum Gasteiger partial charge on any atom is -0.505 e. The minimum absolute atomic E-state index is 0.0358. The van der Waals surface area contributed by atoms with Gasteiger partial charge in [0.2, 0.25) is 0 Å². The lowest BCUT2D eigenvalue weighted by Gasteiger charge is -2.24. The first kappa shape index (κ1) is 24.1. The molecule has 0 radical (unpaired) electrons. The monoisotopic (exact) mass is 524 g/mol. The number of sulfonamides is 1. The highest BCUT2D eigenvalue weighted by molar-refractivity contribution is 7.92. The van der Waals surface area contributed by atoms with E-state index in [4.69, 9.17) is 27.9 Å². The van der Waals surface area contributed by atoms with Crippen LogP contribution in [-0.4, -0.2) is 44.0 Å². The number of anilines is 1. The number of hydrogen-bond acceptors (Lipinski definition) is 5. The number of phenols is 1. The first-order chi connectivity index (χ1) is 16.0. The molecule has 11 heteroatoms. The highest BCUT2D eigenvalue weighted by Crippen LogP contribution is 2.40. The zero-order valence-electron chi connectivity index (χ0n) is 18.0. The van der Waals surface area contributed by atoms with Gasteiger partial charge < -0.3 is 14.7 Å². The van der Waals surface area contributed by atoms with Crippen LogP contribution < -0.4 is 9.46 Å². The van der Waals surface area contributed by atoms with E-state index in [-0.39, 0.29) is 22.2 Å². The molecule has 3 aromatic carbocycles. The van der Waals surface area contributed by atoms with E-state index in [9.17, 15) is 22.7 Å². The minimum atomic E-state index is -4.56. The number of amides is 1. The summed E-state index contributed by atoms with van der Waals surface area (Å²) in [6, 6.07) is 11.2. The molecule has 3 aromatic rings. The van der Waals surface area contributed by atoms with Crippen LogP contribution in [0.3, 0.4) is 0 Å². The summed E-state index contributed by atoms with van der Waals surface area (Å²) < 4.78 is 49.2. The average Bonchev–Trinajstić information content (AvgIpc) is 2.76. The summed E-state index contributed by atoms with van der Waals surface area (Å²) in [6.07, 6.45) is -0.479. The molecular weight excluding hydrogens is 506 g/mol. The summed E-state index contributed by atoms with van der Waals surface area (Å²) in [6.45, 7) is 1.91. The molecular formula is C23H19Cl2FN2O5S. The topological polar surface area (TPSA) is 95.9 Å². The standard InChI is InChI=1S/C23H19Cl2FN2O5S/c1-12-11-28(2)23(30)13-7-17(25)22(29)21(8-13)34(31,32)27-19-9-15(16(24)10-18(19)26)14-5-3-4-6-20(14)33-12/h3-10,12,27,29H,11H2,1-2H3/t12-/m0/s1. The predicted octanol–water partition coefficient (Wildman–Crippen LogP) is 5.16. The molecule has 0 aliphatic carbocycles. The fourth-order valence-corrected chi connectivity index (χ4v) is 5.40. The number of benzene rings is 3. The Labute approximate surface area is 205 Å². The average molecular weight is 525 g/mol. The van der Waals surface area contributed by atoms with Crippen molar-refractivity contribution in [2.24, 2.45) is 0 Å². The second-order valence-corrected chi connectivity index (χ2v) is 10.3. The second kappa shape index (κ2) is 8.98. The molecule has 7 nitrogen and oxygen atoms in total. The number of fused-ring (bicyclic) bond motifs is 6. The Morgan fingerprint density at radius 2 is 1.82 bits per heavy atom. The van der Waals surface area contributed by atoms with Crippen LogP contribution in [0.25, 0.3) is 11.1 Å². The van der Waals surface area contributed by atoms with Crippen molar-refractivity contribution in [3.8, 4) is 22.6 Å². The number of rotatable bonds is 0. The maximum absolute atomic E-state index is 14.8. The van der Waals surface area contributed by atoms with Crippen LogP contribution in [-0.2, 0) is 10.0 Å². The van der Waals surface area contributed by atoms with Crippen molar-refractivity contribution in [3.05, 3.63) is 70.0 Å². The van der Waals surface area contributed by atoms with Crippen molar-refractivity contribution in [2.45, 2.75) is 17.9 Å². The molecule has 4 bridgehead atoms. The fourth-order valence-electron chi connectivity index (χ4n) is 3.67. The molecule has 0 spiro atoms. The number of phenolic OH excluding ortho intramolecular Hbond substituents is 1. The number of carbonyl (C=O) groups is 1. The molecule has 0 saturated carbocycles. The summed E-state index contributed by atoms with van der Waals surface area (Å²) >= 11 is 12.3. The Morgan fingerprint density at radius 1 is 1.12 bits per heavy atom. The van der Waals surface area contributed by atoms with E-state index in [1.807, 2.05) is 0 Å². The summed E-state index contributed by atoms with van der Waals surface area (Å²) in [7, 11) is -3.04. The zero-order valence-corrected chi connectivity index (χ0v) is 20.3. The van der Waals surface area contributed by atoms with Gasteiger partial charge >= 0.3 is 0 Å². The Bertz CT molecular complexity index is 1410. The zero-order chi connectivity index (χ0) is 24.8. The fraction of sp³-hybridized carbons (Fsp3) is 0.174. The van der Waals surface area contributed by atoms with Gasteiger partial charge in [-0.2, -0.15) is 0 Å². The Balaban J connectivity index is 1.98. The molecule has 2 N–H and O–H groups in total. The molecule has 4 rings (SSSR count). The number of hydrogen-bond donors (Lipinski definition) is 2. The maximum Gasteiger partial charge on any atom is 0.265 e. The van der Waals surface area contributed by atoms with E-state index < -0.39 is 44.2 Å². The molecule has 0 fully saturated rings. The molecule has 0 saturated heterocycles. The molecule has 34 heavy (non-hydrogen) atoms. The number of aromatic hydroxyl groups is 1. The van der Waals surface area contributed by atoms with Crippen LogP contribution in [0.4, 0.5) is 10.1 Å². The molecule has 1 amide bonds. The third kappa shape index (κ3) is 4.51. The molecule has 1 heterocycles. The number of carbonyl (C=O) groups excluding carboxylic acids is 1. The SMILES string of the molecule is C[C@H]1CN(C)C(=O)c2cc(Cl)c(O)c(c2)S(=O)(=O)Nc2cc(c(Cl)cc2F)-c2ccccc2O1. The predicted molar refractivity (Wildman–Crippen MR) is 128 cm³/mol. The Morgan fingerprint density at radius 3 is 2.56 bits per heavy atom. The molecule has 1 aliphatic rings. The molecule has 0 unspecified atom stereocenters. The summed E-state index contributed by atoms with van der Waals surface area (Å²) in [4.78, 5) is 13.7. The highest BCUT2D eigenvalue weighted by atomic mass is 35.5. The Kier molecular flexibility index (Phi) is 6.37. The van der Waals surface area contributed by atoms with Crippen LogP contribution in [0.2, 0.25) is 10.0 Å². The van der Waals surface area contributed by atoms with E-state index in [0.29, 0.717) is 16.9 Å². The van der Waals surface area contributed by atoms with Crippen LogP contribution >= 0.6 is 23.2 Å². The van der Waals surface area contributed by atoms with Gasteiger partial charge in [0.25, 0.3) is 15.9 Å². The quantitative estimate of drug-likeness (QED) is 0.423. The van der Waals surface area contributed by atoms with Gasteiger partial charge in [0, 0.05) is 23.7 Å².